The van der Waals surface area contributed by atoms with Crippen molar-refractivity contribution in [3.8, 4) is 28.1 Å². The highest BCUT2D eigenvalue weighted by Gasteiger charge is 2.50. The number of hydrogen-bond acceptors (Lipinski definition) is 5. The molecule has 2 aliphatic rings. The molecule has 3 atom stereocenters. The Morgan fingerprint density at radius 2 is 1.84 bits per heavy atom. The Bertz CT molecular complexity index is 1060. The summed E-state index contributed by atoms with van der Waals surface area (Å²) in [6.07, 6.45) is 9.45. The zero-order valence-electron chi connectivity index (χ0n) is 18.2. The van der Waals surface area contributed by atoms with Gasteiger partial charge in [0.25, 0.3) is 0 Å². The number of halogens is 1. The zero-order chi connectivity index (χ0) is 21.8. The highest BCUT2D eigenvalue weighted by Crippen LogP contribution is 2.58. The zero-order valence-corrected chi connectivity index (χ0v) is 18.2. The summed E-state index contributed by atoms with van der Waals surface area (Å²) < 4.78 is 14.8. The molecule has 0 amide bonds. The summed E-state index contributed by atoms with van der Waals surface area (Å²) in [5, 5.41) is 25.7. The Morgan fingerprint density at radius 1 is 1.10 bits per heavy atom. The van der Waals surface area contributed by atoms with E-state index in [1.807, 2.05) is 6.07 Å². The summed E-state index contributed by atoms with van der Waals surface area (Å²) in [4.78, 5) is 2.22. The molecule has 0 saturated heterocycles. The monoisotopic (exact) mass is 421 g/mol. The average molecular weight is 422 g/mol. The summed E-state index contributed by atoms with van der Waals surface area (Å²) in [7, 11) is 2.07. The number of aromatic amines is 1. The second-order valence-corrected chi connectivity index (χ2v) is 10.1. The number of H-pyrrole nitrogens is 1. The van der Waals surface area contributed by atoms with Crippen LogP contribution in [-0.2, 0) is 0 Å². The Kier molecular flexibility index (Phi) is 4.53. The quantitative estimate of drug-likeness (QED) is 0.607. The molecule has 2 aliphatic carbocycles. The van der Waals surface area contributed by atoms with Crippen LogP contribution in [0.2, 0.25) is 0 Å². The van der Waals surface area contributed by atoms with Gasteiger partial charge < -0.3 is 10.0 Å². The fraction of sp³-hybridized carbons (Fsp3) is 0.458. The molecule has 2 heterocycles. The van der Waals surface area contributed by atoms with Gasteiger partial charge in [0.15, 0.2) is 5.82 Å². The Labute approximate surface area is 181 Å². The van der Waals surface area contributed by atoms with Gasteiger partial charge in [-0.25, -0.2) is 4.39 Å². The molecule has 162 valence electrons. The molecule has 6 nitrogen and oxygen atoms in total. The van der Waals surface area contributed by atoms with E-state index in [1.54, 1.807) is 18.5 Å². The first kappa shape index (κ1) is 20.0. The van der Waals surface area contributed by atoms with Gasteiger partial charge in [-0.05, 0) is 72.8 Å². The van der Waals surface area contributed by atoms with Crippen molar-refractivity contribution in [2.24, 2.45) is 10.8 Å². The molecule has 2 fully saturated rings. The van der Waals surface area contributed by atoms with Gasteiger partial charge in [0.2, 0.25) is 0 Å². The van der Waals surface area contributed by atoms with Crippen molar-refractivity contribution in [3.05, 3.63) is 42.5 Å². The van der Waals surface area contributed by atoms with Crippen LogP contribution in [0.5, 0.6) is 5.75 Å². The lowest BCUT2D eigenvalue weighted by Crippen LogP contribution is -2.42. The third-order valence-electron chi connectivity index (χ3n) is 7.36. The van der Waals surface area contributed by atoms with E-state index in [9.17, 15) is 9.50 Å². The third kappa shape index (κ3) is 3.56. The minimum absolute atomic E-state index is 0.0599. The van der Waals surface area contributed by atoms with Gasteiger partial charge in [0.05, 0.1) is 17.5 Å². The maximum atomic E-state index is 14.8. The minimum atomic E-state index is -0.545. The molecular formula is C24H28FN5O. The number of anilines is 1. The molecule has 1 unspecified atom stereocenters. The molecule has 7 heteroatoms. The lowest BCUT2D eigenvalue weighted by molar-refractivity contribution is 0.148. The number of phenolic OH excluding ortho intramolecular Hbond substituents is 1. The Morgan fingerprint density at radius 3 is 2.42 bits per heavy atom. The molecule has 5 rings (SSSR count). The Hall–Kier alpha value is -2.96. The minimum Gasteiger partial charge on any atom is -0.507 e. The second kappa shape index (κ2) is 7.04. The summed E-state index contributed by atoms with van der Waals surface area (Å²) >= 11 is 0. The summed E-state index contributed by atoms with van der Waals surface area (Å²) in [6, 6.07) is 6.91. The molecular weight excluding hydrogens is 393 g/mol. The van der Waals surface area contributed by atoms with Crippen LogP contribution in [0.15, 0.2) is 36.7 Å². The van der Waals surface area contributed by atoms with Gasteiger partial charge in [-0.15, -0.1) is 10.2 Å². The van der Waals surface area contributed by atoms with E-state index in [0.717, 1.165) is 18.7 Å². The predicted octanol–water partition coefficient (Wildman–Crippen LogP) is 5.17. The first-order chi connectivity index (χ1) is 14.8. The molecule has 2 bridgehead atoms. The summed E-state index contributed by atoms with van der Waals surface area (Å²) in [6.45, 7) is 4.82. The van der Waals surface area contributed by atoms with Crippen LogP contribution in [-0.4, -0.2) is 38.6 Å². The van der Waals surface area contributed by atoms with Crippen LogP contribution in [0, 0.1) is 16.6 Å². The molecule has 2 aromatic heterocycles. The van der Waals surface area contributed by atoms with Crippen molar-refractivity contribution in [1.82, 2.24) is 20.4 Å². The summed E-state index contributed by atoms with van der Waals surface area (Å²) in [5.74, 6) is 0.0600. The third-order valence-corrected chi connectivity index (χ3v) is 7.36. The van der Waals surface area contributed by atoms with Crippen molar-refractivity contribution >= 4 is 5.82 Å². The number of benzene rings is 1. The molecule has 1 aromatic carbocycles. The first-order valence-corrected chi connectivity index (χ1v) is 10.8. The SMILES string of the molecule is CN(c1ccc(-c2c(O)cc(-c3cn[nH]c3)cc2F)nn1)C1C[C@]2(C)CC[C@](C)(C1)C2. The topological polar surface area (TPSA) is 77.9 Å². The number of rotatable bonds is 4. The highest BCUT2D eigenvalue weighted by atomic mass is 19.1. The maximum absolute atomic E-state index is 14.8. The molecule has 0 spiro atoms. The van der Waals surface area contributed by atoms with Crippen LogP contribution in [0.3, 0.4) is 0 Å². The van der Waals surface area contributed by atoms with Crippen LogP contribution in [0.4, 0.5) is 10.2 Å². The van der Waals surface area contributed by atoms with Gasteiger partial charge in [-0.3, -0.25) is 5.10 Å². The number of aromatic hydroxyl groups is 1. The van der Waals surface area contributed by atoms with Crippen LogP contribution >= 0.6 is 0 Å². The van der Waals surface area contributed by atoms with Crippen LogP contribution in [0.25, 0.3) is 22.4 Å². The highest BCUT2D eigenvalue weighted by molar-refractivity contribution is 5.74. The standard InChI is InChI=1S/C24H28FN5O/c1-23-6-7-24(2,14-23)11-17(10-23)30(3)21-5-4-19(28-29-21)22-18(25)8-15(9-20(22)31)16-12-26-27-13-16/h4-5,8-9,12-13,17,31H,6-7,10-11,14H2,1-3H3,(H,26,27)/t17?,23-,24+. The van der Waals surface area contributed by atoms with Crippen LogP contribution in [0.1, 0.15) is 46.0 Å². The Balaban J connectivity index is 1.39. The molecule has 0 aliphatic heterocycles. The summed E-state index contributed by atoms with van der Waals surface area (Å²) in [5.41, 5.74) is 2.44. The molecule has 31 heavy (non-hydrogen) atoms. The van der Waals surface area contributed by atoms with Crippen molar-refractivity contribution in [2.45, 2.75) is 52.0 Å². The van der Waals surface area contributed by atoms with Gasteiger partial charge in [-0.2, -0.15) is 5.10 Å². The average Bonchev–Trinajstić information content (AvgIpc) is 3.33. The van der Waals surface area contributed by atoms with E-state index >= 15 is 0 Å². The fourth-order valence-electron chi connectivity index (χ4n) is 5.90. The maximum Gasteiger partial charge on any atom is 0.151 e. The van der Waals surface area contributed by atoms with E-state index in [0.29, 0.717) is 33.7 Å². The van der Waals surface area contributed by atoms with E-state index in [4.69, 9.17) is 0 Å². The van der Waals surface area contributed by atoms with Gasteiger partial charge in [-0.1, -0.05) is 13.8 Å². The van der Waals surface area contributed by atoms with Crippen LogP contribution < -0.4 is 4.90 Å². The van der Waals surface area contributed by atoms with Crippen molar-refractivity contribution in [1.29, 1.82) is 0 Å². The lowest BCUT2D eigenvalue weighted by Gasteiger charge is -2.44. The van der Waals surface area contributed by atoms with Crippen molar-refractivity contribution < 1.29 is 9.50 Å². The number of nitrogens with one attached hydrogen (secondary N) is 1. The lowest BCUT2D eigenvalue weighted by atomic mass is 9.68. The second-order valence-electron chi connectivity index (χ2n) is 10.1. The van der Waals surface area contributed by atoms with E-state index in [1.165, 1.54) is 31.4 Å². The first-order valence-electron chi connectivity index (χ1n) is 10.8. The normalized spacial score (nSPS) is 27.4. The largest absolute Gasteiger partial charge is 0.507 e. The number of nitrogens with zero attached hydrogens (tertiary/aromatic N) is 4. The van der Waals surface area contributed by atoms with Gasteiger partial charge in [0, 0.05) is 24.8 Å². The van der Waals surface area contributed by atoms with Gasteiger partial charge in [0.1, 0.15) is 11.6 Å². The van der Waals surface area contributed by atoms with E-state index in [2.05, 4.69) is 46.2 Å². The van der Waals surface area contributed by atoms with E-state index < -0.39 is 5.82 Å². The van der Waals surface area contributed by atoms with Crippen molar-refractivity contribution in [3.63, 3.8) is 0 Å². The van der Waals surface area contributed by atoms with E-state index in [-0.39, 0.29) is 11.3 Å². The molecule has 2 saturated carbocycles. The smallest absolute Gasteiger partial charge is 0.151 e. The predicted molar refractivity (Wildman–Crippen MR) is 118 cm³/mol. The number of aromatic nitrogens is 4. The van der Waals surface area contributed by atoms with Gasteiger partial charge >= 0.3 is 0 Å². The molecule has 3 aromatic rings. The number of hydrogen-bond donors (Lipinski definition) is 2. The molecule has 2 N–H and O–H groups in total. The molecule has 0 radical (unpaired) electrons. The van der Waals surface area contributed by atoms with Crippen molar-refractivity contribution in [2.75, 3.05) is 11.9 Å². The fourth-order valence-corrected chi connectivity index (χ4v) is 5.90. The number of fused-ring (bicyclic) bond motifs is 2. The number of phenols is 1.